The zero-order chi connectivity index (χ0) is 8.23. The maximum absolute atomic E-state index is 5.53. The van der Waals surface area contributed by atoms with Gasteiger partial charge in [0.15, 0.2) is 0 Å². The Morgan fingerprint density at radius 1 is 1.67 bits per heavy atom. The fourth-order valence-electron chi connectivity index (χ4n) is 1.28. The topological polar surface area (TPSA) is 34.1 Å². The van der Waals surface area contributed by atoms with Crippen molar-refractivity contribution in [3.05, 3.63) is 30.1 Å². The Bertz CT molecular complexity index is 232. The molecule has 1 aromatic rings. The van der Waals surface area contributed by atoms with Gasteiger partial charge < -0.3 is 10.1 Å². The number of hydrogen-bond donors (Lipinski definition) is 1. The molecule has 0 saturated carbocycles. The van der Waals surface area contributed by atoms with Crippen LogP contribution >= 0.6 is 0 Å². The summed E-state index contributed by atoms with van der Waals surface area (Å²) >= 11 is 0. The summed E-state index contributed by atoms with van der Waals surface area (Å²) in [5.41, 5.74) is 0.987. The third kappa shape index (κ3) is 1.62. The first-order chi connectivity index (χ1) is 5.97. The molecule has 3 nitrogen and oxygen atoms in total. The first-order valence-electron chi connectivity index (χ1n) is 4.11. The normalized spacial score (nSPS) is 23.8. The van der Waals surface area contributed by atoms with Gasteiger partial charge in [-0.05, 0) is 6.07 Å². The molecule has 2 rings (SSSR count). The highest BCUT2D eigenvalue weighted by molar-refractivity contribution is 5.07. The second-order valence-electron chi connectivity index (χ2n) is 2.75. The second-order valence-corrected chi connectivity index (χ2v) is 2.75. The highest BCUT2D eigenvalue weighted by Gasteiger charge is 2.15. The van der Waals surface area contributed by atoms with Crippen molar-refractivity contribution in [3.63, 3.8) is 0 Å². The molecule has 0 bridgehead atoms. The predicted molar refractivity (Wildman–Crippen MR) is 44.6 cm³/mol. The van der Waals surface area contributed by atoms with Crippen LogP contribution in [0.2, 0.25) is 0 Å². The van der Waals surface area contributed by atoms with Crippen LogP contribution in [0.3, 0.4) is 0 Å². The molecule has 1 unspecified atom stereocenters. The number of morpholine rings is 1. The van der Waals surface area contributed by atoms with Gasteiger partial charge in [0.2, 0.25) is 0 Å². The van der Waals surface area contributed by atoms with Gasteiger partial charge in [-0.3, -0.25) is 4.98 Å². The first-order valence-corrected chi connectivity index (χ1v) is 4.11. The smallest absolute Gasteiger partial charge is 0.112 e. The lowest BCUT2D eigenvalue weighted by Crippen LogP contribution is -2.33. The standard InChI is InChI=1S/C9H11N2O/c1-2-4-11-8(3-1)9-7-10-5-6-12-9/h1,3-4,9-10H,5-7H2. The van der Waals surface area contributed by atoms with E-state index in [0.29, 0.717) is 0 Å². The lowest BCUT2D eigenvalue weighted by molar-refractivity contribution is 0.0250. The summed E-state index contributed by atoms with van der Waals surface area (Å²) in [6, 6.07) is 6.69. The maximum Gasteiger partial charge on any atom is 0.112 e. The molecular weight excluding hydrogens is 152 g/mol. The van der Waals surface area contributed by atoms with E-state index in [-0.39, 0.29) is 6.10 Å². The van der Waals surface area contributed by atoms with Crippen LogP contribution in [0, 0.1) is 6.07 Å². The number of aromatic nitrogens is 1. The quantitative estimate of drug-likeness (QED) is 0.656. The van der Waals surface area contributed by atoms with Crippen molar-refractivity contribution in [2.75, 3.05) is 19.7 Å². The summed E-state index contributed by atoms with van der Waals surface area (Å²) in [4.78, 5) is 4.18. The Hall–Kier alpha value is -0.930. The van der Waals surface area contributed by atoms with E-state index in [9.17, 15) is 0 Å². The number of nitrogens with zero attached hydrogens (tertiary/aromatic N) is 1. The van der Waals surface area contributed by atoms with Crippen molar-refractivity contribution in [1.82, 2.24) is 10.3 Å². The van der Waals surface area contributed by atoms with E-state index in [4.69, 9.17) is 4.74 Å². The number of rotatable bonds is 1. The summed E-state index contributed by atoms with van der Waals surface area (Å²) in [5, 5.41) is 3.26. The number of pyridine rings is 1. The van der Waals surface area contributed by atoms with Crippen LogP contribution in [0.1, 0.15) is 11.8 Å². The van der Waals surface area contributed by atoms with Crippen LogP contribution in [0.15, 0.2) is 18.3 Å². The van der Waals surface area contributed by atoms with Gasteiger partial charge in [0.1, 0.15) is 6.10 Å². The fourth-order valence-corrected chi connectivity index (χ4v) is 1.28. The molecule has 1 aliphatic rings. The van der Waals surface area contributed by atoms with Gasteiger partial charge in [0, 0.05) is 25.4 Å². The van der Waals surface area contributed by atoms with Crippen molar-refractivity contribution in [3.8, 4) is 0 Å². The largest absolute Gasteiger partial charge is 0.369 e. The molecule has 1 atom stereocenters. The Morgan fingerprint density at radius 3 is 3.33 bits per heavy atom. The van der Waals surface area contributed by atoms with Crippen LogP contribution in [0.4, 0.5) is 0 Å². The minimum absolute atomic E-state index is 0.119. The van der Waals surface area contributed by atoms with Gasteiger partial charge in [0.25, 0.3) is 0 Å². The molecule has 2 heterocycles. The molecule has 0 aliphatic carbocycles. The minimum atomic E-state index is 0.119. The van der Waals surface area contributed by atoms with E-state index in [1.165, 1.54) is 0 Å². The number of ether oxygens (including phenoxy) is 1. The van der Waals surface area contributed by atoms with Gasteiger partial charge >= 0.3 is 0 Å². The van der Waals surface area contributed by atoms with Gasteiger partial charge in [-0.15, -0.1) is 0 Å². The molecule has 1 fully saturated rings. The molecule has 63 valence electrons. The van der Waals surface area contributed by atoms with E-state index in [1.807, 2.05) is 12.1 Å². The van der Waals surface area contributed by atoms with Crippen LogP contribution in [-0.2, 0) is 4.74 Å². The van der Waals surface area contributed by atoms with E-state index in [1.54, 1.807) is 6.20 Å². The van der Waals surface area contributed by atoms with E-state index in [0.717, 1.165) is 25.4 Å². The van der Waals surface area contributed by atoms with Crippen LogP contribution < -0.4 is 5.32 Å². The van der Waals surface area contributed by atoms with Crippen molar-refractivity contribution in [2.45, 2.75) is 6.10 Å². The fraction of sp³-hybridized carbons (Fsp3) is 0.444. The van der Waals surface area contributed by atoms with Gasteiger partial charge in [-0.25, -0.2) is 0 Å². The summed E-state index contributed by atoms with van der Waals surface area (Å²) in [5.74, 6) is 0. The Balaban J connectivity index is 2.08. The maximum atomic E-state index is 5.53. The molecule has 1 aromatic heterocycles. The van der Waals surface area contributed by atoms with Gasteiger partial charge in [-0.2, -0.15) is 0 Å². The highest BCUT2D eigenvalue weighted by atomic mass is 16.5. The molecule has 0 amide bonds. The van der Waals surface area contributed by atoms with E-state index in [2.05, 4.69) is 16.4 Å². The average molecular weight is 163 g/mol. The number of hydrogen-bond acceptors (Lipinski definition) is 3. The predicted octanol–water partition coefficient (Wildman–Crippen LogP) is 0.543. The van der Waals surface area contributed by atoms with Crippen LogP contribution in [-0.4, -0.2) is 24.7 Å². The summed E-state index contributed by atoms with van der Waals surface area (Å²) in [7, 11) is 0. The second kappa shape index (κ2) is 3.65. The molecule has 0 aromatic carbocycles. The van der Waals surface area contributed by atoms with E-state index < -0.39 is 0 Å². The molecule has 1 saturated heterocycles. The van der Waals surface area contributed by atoms with Crippen molar-refractivity contribution in [1.29, 1.82) is 0 Å². The Kier molecular flexibility index (Phi) is 2.34. The highest BCUT2D eigenvalue weighted by Crippen LogP contribution is 2.14. The van der Waals surface area contributed by atoms with Crippen molar-refractivity contribution >= 4 is 0 Å². The molecule has 1 aliphatic heterocycles. The summed E-state index contributed by atoms with van der Waals surface area (Å²) < 4.78 is 5.53. The lowest BCUT2D eigenvalue weighted by atomic mass is 10.2. The number of nitrogens with one attached hydrogen (secondary N) is 1. The summed E-state index contributed by atoms with van der Waals surface area (Å²) in [6.45, 7) is 2.57. The first kappa shape index (κ1) is 7.71. The average Bonchev–Trinajstić information content (AvgIpc) is 2.21. The lowest BCUT2D eigenvalue weighted by Gasteiger charge is -2.22. The summed E-state index contributed by atoms with van der Waals surface area (Å²) in [6.07, 6.45) is 1.79. The molecule has 1 N–H and O–H groups in total. The van der Waals surface area contributed by atoms with E-state index >= 15 is 0 Å². The van der Waals surface area contributed by atoms with Gasteiger partial charge in [-0.1, -0.05) is 6.07 Å². The third-order valence-corrected chi connectivity index (χ3v) is 1.90. The zero-order valence-electron chi connectivity index (χ0n) is 6.79. The molecular formula is C9H11N2O. The minimum Gasteiger partial charge on any atom is -0.369 e. The Labute approximate surface area is 71.8 Å². The van der Waals surface area contributed by atoms with Crippen LogP contribution in [0.25, 0.3) is 0 Å². The van der Waals surface area contributed by atoms with Gasteiger partial charge in [0.05, 0.1) is 12.3 Å². The molecule has 1 radical (unpaired) electrons. The molecule has 3 heteroatoms. The molecule has 12 heavy (non-hydrogen) atoms. The SMILES string of the molecule is [c]1ccc(C2CNCCO2)nc1. The molecule has 0 spiro atoms. The van der Waals surface area contributed by atoms with Crippen LogP contribution in [0.5, 0.6) is 0 Å². The third-order valence-electron chi connectivity index (χ3n) is 1.90. The monoisotopic (exact) mass is 163 g/mol. The van der Waals surface area contributed by atoms with Crippen molar-refractivity contribution in [2.24, 2.45) is 0 Å². The van der Waals surface area contributed by atoms with Crippen molar-refractivity contribution < 1.29 is 4.74 Å². The zero-order valence-corrected chi connectivity index (χ0v) is 6.79. The Morgan fingerprint density at radius 2 is 2.67 bits per heavy atom.